The first-order chi connectivity index (χ1) is 18.4. The van der Waals surface area contributed by atoms with Crippen LogP contribution in [0.3, 0.4) is 0 Å². The normalized spacial score (nSPS) is 47.9. The van der Waals surface area contributed by atoms with Gasteiger partial charge in [-0.25, -0.2) is 0 Å². The molecule has 16 atom stereocenters. The van der Waals surface area contributed by atoms with Crippen LogP contribution >= 0.6 is 0 Å². The summed E-state index contributed by atoms with van der Waals surface area (Å²) in [5.41, 5.74) is 23.0. The predicted octanol–water partition coefficient (Wildman–Crippen LogP) is -8.81. The maximum absolute atomic E-state index is 12.4. The van der Waals surface area contributed by atoms with E-state index in [1.165, 1.54) is 0 Å². The molecule has 2 saturated heterocycles. The van der Waals surface area contributed by atoms with Gasteiger partial charge in [-0.05, 0) is 6.42 Å². The number of nitrogens with one attached hydrogen (secondary N) is 1. The number of nitrogens with two attached hydrogens (primary N) is 4. The Balaban J connectivity index is 1.85. The molecule has 0 radical (unpaired) electrons. The number of carbonyl (C=O) groups is 1. The van der Waals surface area contributed by atoms with Crippen molar-refractivity contribution < 1.29 is 64.6 Å². The number of hydrogen-bond donors (Lipinski definition) is 13. The second-order valence-electron chi connectivity index (χ2n) is 9.99. The number of aliphatic hydroxyl groups excluding tert-OH is 8. The van der Waals surface area contributed by atoms with Crippen molar-refractivity contribution >= 4 is 5.91 Å². The van der Waals surface area contributed by atoms with Crippen LogP contribution in [0.4, 0.5) is 0 Å². The number of ether oxygens (including phenoxy) is 4. The molecule has 0 spiro atoms. The first-order valence-corrected chi connectivity index (χ1v) is 12.6. The lowest BCUT2D eigenvalue weighted by atomic mass is 9.83. The lowest BCUT2D eigenvalue weighted by Crippen LogP contribution is -2.69. The molecule has 3 fully saturated rings. The summed E-state index contributed by atoms with van der Waals surface area (Å²) in [6.45, 7) is -1.32. The maximum atomic E-state index is 12.4. The molecule has 1 amide bonds. The fraction of sp³-hybridized carbons (Fsp3) is 0.952. The van der Waals surface area contributed by atoms with Crippen molar-refractivity contribution in [2.24, 2.45) is 22.9 Å². The maximum Gasteiger partial charge on any atom is 0.250 e. The first-order valence-electron chi connectivity index (χ1n) is 12.6. The Morgan fingerprint density at radius 2 is 1.44 bits per heavy atom. The smallest absolute Gasteiger partial charge is 0.250 e. The van der Waals surface area contributed by atoms with Gasteiger partial charge in [0.1, 0.15) is 67.1 Å². The largest absolute Gasteiger partial charge is 0.394 e. The van der Waals surface area contributed by atoms with Crippen LogP contribution in [-0.2, 0) is 23.7 Å². The summed E-state index contributed by atoms with van der Waals surface area (Å²) < 4.78 is 22.4. The van der Waals surface area contributed by atoms with Crippen LogP contribution in [0.2, 0.25) is 0 Å². The number of aliphatic hydroxyl groups is 8. The van der Waals surface area contributed by atoms with Crippen molar-refractivity contribution in [3.8, 4) is 0 Å². The highest BCUT2D eigenvalue weighted by Crippen LogP contribution is 2.32. The van der Waals surface area contributed by atoms with Gasteiger partial charge < -0.3 is 88.1 Å². The van der Waals surface area contributed by atoms with E-state index in [9.17, 15) is 45.6 Å². The van der Waals surface area contributed by atoms with Crippen molar-refractivity contribution in [3.05, 3.63) is 0 Å². The molecule has 228 valence electrons. The van der Waals surface area contributed by atoms with E-state index < -0.39 is 117 Å². The Bertz CT molecular complexity index is 799. The summed E-state index contributed by atoms with van der Waals surface area (Å²) in [4.78, 5) is 12.4. The van der Waals surface area contributed by atoms with Crippen LogP contribution in [-0.4, -0.2) is 164 Å². The molecule has 39 heavy (non-hydrogen) atoms. The fourth-order valence-corrected chi connectivity index (χ4v) is 4.89. The molecule has 3 aliphatic rings. The molecule has 2 heterocycles. The van der Waals surface area contributed by atoms with Crippen molar-refractivity contribution in [1.29, 1.82) is 0 Å². The van der Waals surface area contributed by atoms with Crippen molar-refractivity contribution in [2.75, 3.05) is 19.7 Å². The van der Waals surface area contributed by atoms with E-state index in [2.05, 4.69) is 5.32 Å². The highest BCUT2D eigenvalue weighted by molar-refractivity contribution is 5.81. The molecule has 1 saturated carbocycles. The Morgan fingerprint density at radius 3 is 2.03 bits per heavy atom. The number of rotatable bonds is 9. The van der Waals surface area contributed by atoms with Gasteiger partial charge in [0, 0.05) is 19.1 Å². The molecular weight excluding hydrogens is 530 g/mol. The standard InChI is InChI=1S/C21H41N5O13/c22-2-7(28)19(35)26-6-1-5(24)17(38-21-15(33)14(32)12(30)8(3-23)36-21)16(34)18(6)39-20-13(31)10(25)11(29)9(4-27)37-20/h5-18,20-21,27-34H,1-4,22-25H2,(H,26,35)/t5-,6?,7?,8?,9?,10+,11-,12-,13?,14+,15?,16+,17?,18?,20-,21?/m1/s1. The Kier molecular flexibility index (Phi) is 11.3. The van der Waals surface area contributed by atoms with Crippen LogP contribution in [0.15, 0.2) is 0 Å². The van der Waals surface area contributed by atoms with Gasteiger partial charge >= 0.3 is 0 Å². The van der Waals surface area contributed by atoms with Crippen molar-refractivity contribution in [3.63, 3.8) is 0 Å². The number of amides is 1. The van der Waals surface area contributed by atoms with E-state index in [1.54, 1.807) is 0 Å². The molecule has 9 unspecified atom stereocenters. The summed E-state index contributed by atoms with van der Waals surface area (Å²) in [7, 11) is 0. The molecule has 0 bridgehead atoms. The lowest BCUT2D eigenvalue weighted by molar-refractivity contribution is -0.332. The summed E-state index contributed by atoms with van der Waals surface area (Å²) in [5, 5.41) is 84.4. The minimum atomic E-state index is -1.76. The second-order valence-corrected chi connectivity index (χ2v) is 9.99. The predicted molar refractivity (Wildman–Crippen MR) is 127 cm³/mol. The lowest BCUT2D eigenvalue weighted by Gasteiger charge is -2.49. The Labute approximate surface area is 223 Å². The van der Waals surface area contributed by atoms with E-state index in [1.807, 2.05) is 0 Å². The monoisotopic (exact) mass is 571 g/mol. The third kappa shape index (κ3) is 6.84. The van der Waals surface area contributed by atoms with Crippen LogP contribution in [0.25, 0.3) is 0 Å². The zero-order valence-corrected chi connectivity index (χ0v) is 21.0. The zero-order valence-electron chi connectivity index (χ0n) is 21.0. The molecule has 0 aromatic rings. The number of carbonyl (C=O) groups excluding carboxylic acids is 1. The molecule has 17 N–H and O–H groups in total. The third-order valence-corrected chi connectivity index (χ3v) is 7.29. The second kappa shape index (κ2) is 13.7. The van der Waals surface area contributed by atoms with E-state index >= 15 is 0 Å². The van der Waals surface area contributed by atoms with Gasteiger partial charge in [-0.1, -0.05) is 0 Å². The highest BCUT2D eigenvalue weighted by Gasteiger charge is 2.52. The summed E-state index contributed by atoms with van der Waals surface area (Å²) in [6, 6.07) is -3.48. The molecular formula is C21H41N5O13. The fourth-order valence-electron chi connectivity index (χ4n) is 4.89. The average Bonchev–Trinajstić information content (AvgIpc) is 2.92. The van der Waals surface area contributed by atoms with Crippen LogP contribution < -0.4 is 28.3 Å². The van der Waals surface area contributed by atoms with Gasteiger partial charge in [0.25, 0.3) is 0 Å². The highest BCUT2D eigenvalue weighted by atomic mass is 16.7. The first kappa shape index (κ1) is 32.3. The molecule has 1 aliphatic carbocycles. The van der Waals surface area contributed by atoms with E-state index in [0.29, 0.717) is 0 Å². The molecule has 18 heteroatoms. The minimum Gasteiger partial charge on any atom is -0.394 e. The van der Waals surface area contributed by atoms with Crippen molar-refractivity contribution in [2.45, 2.75) is 104 Å². The Morgan fingerprint density at radius 1 is 0.846 bits per heavy atom. The van der Waals surface area contributed by atoms with E-state index in [0.717, 1.165) is 0 Å². The van der Waals surface area contributed by atoms with Crippen LogP contribution in [0, 0.1) is 0 Å². The van der Waals surface area contributed by atoms with Crippen LogP contribution in [0.5, 0.6) is 0 Å². The van der Waals surface area contributed by atoms with E-state index in [-0.39, 0.29) is 13.0 Å². The molecule has 3 rings (SSSR count). The summed E-state index contributed by atoms with van der Waals surface area (Å²) in [5.74, 6) is -0.908. The van der Waals surface area contributed by atoms with Gasteiger partial charge in [-0.3, -0.25) is 4.79 Å². The minimum absolute atomic E-state index is 0.148. The molecule has 0 aromatic carbocycles. The quantitative estimate of drug-likeness (QED) is 0.122. The average molecular weight is 572 g/mol. The zero-order chi connectivity index (χ0) is 29.2. The topological polar surface area (TPSA) is 332 Å². The third-order valence-electron chi connectivity index (χ3n) is 7.29. The summed E-state index contributed by atoms with van der Waals surface area (Å²) in [6.07, 6.45) is -19.9. The SMILES string of the molecule is NCC(O)C(=O)NC1C[C@@H](N)C(OC2OC(CN)[C@@H](O)[C@H](O)C2O)[C@H](O)C1O[C@H]1OC(CO)[C@@H](O)[C@H](N)C1O. The van der Waals surface area contributed by atoms with Gasteiger partial charge in [0.05, 0.1) is 18.7 Å². The van der Waals surface area contributed by atoms with Gasteiger partial charge in [-0.15, -0.1) is 0 Å². The number of hydrogen-bond acceptors (Lipinski definition) is 17. The van der Waals surface area contributed by atoms with E-state index in [4.69, 9.17) is 41.9 Å². The summed E-state index contributed by atoms with van der Waals surface area (Å²) >= 11 is 0. The molecule has 18 nitrogen and oxygen atoms in total. The van der Waals surface area contributed by atoms with Gasteiger partial charge in [0.15, 0.2) is 12.6 Å². The van der Waals surface area contributed by atoms with Crippen LogP contribution in [0.1, 0.15) is 6.42 Å². The molecule has 2 aliphatic heterocycles. The molecule has 0 aromatic heterocycles. The van der Waals surface area contributed by atoms with Crippen molar-refractivity contribution in [1.82, 2.24) is 5.32 Å². The Hall–Kier alpha value is -1.17. The van der Waals surface area contributed by atoms with Gasteiger partial charge in [-0.2, -0.15) is 0 Å². The van der Waals surface area contributed by atoms with Gasteiger partial charge in [0.2, 0.25) is 5.91 Å².